The first-order valence-corrected chi connectivity index (χ1v) is 5.92. The van der Waals surface area contributed by atoms with Crippen molar-refractivity contribution >= 4 is 0 Å². The molecule has 2 aromatic rings. The van der Waals surface area contributed by atoms with Gasteiger partial charge in [0.25, 0.3) is 5.56 Å². The molecular weight excluding hydrogens is 240 g/mol. The van der Waals surface area contributed by atoms with Gasteiger partial charge in [0.15, 0.2) is 5.88 Å². The summed E-state index contributed by atoms with van der Waals surface area (Å²) >= 11 is 0. The fourth-order valence-corrected chi connectivity index (χ4v) is 1.92. The number of rotatable bonds is 2. The van der Waals surface area contributed by atoms with Crippen molar-refractivity contribution in [2.45, 2.75) is 20.4 Å². The van der Waals surface area contributed by atoms with Crippen molar-refractivity contribution < 1.29 is 5.11 Å². The number of aryl methyl sites for hydroxylation is 2. The van der Waals surface area contributed by atoms with Gasteiger partial charge in [-0.15, -0.1) is 0 Å². The second-order valence-electron chi connectivity index (χ2n) is 4.55. The summed E-state index contributed by atoms with van der Waals surface area (Å²) < 4.78 is 1.20. The van der Waals surface area contributed by atoms with Crippen LogP contribution in [0.25, 0.3) is 0 Å². The number of nitrogens with zero attached hydrogens (tertiary/aromatic N) is 2. The first kappa shape index (κ1) is 12.9. The lowest BCUT2D eigenvalue weighted by molar-refractivity contribution is 0.414. The second-order valence-corrected chi connectivity index (χ2v) is 4.55. The van der Waals surface area contributed by atoms with Gasteiger partial charge in [-0.3, -0.25) is 9.36 Å². The zero-order valence-electron chi connectivity index (χ0n) is 10.8. The van der Waals surface area contributed by atoms with Gasteiger partial charge in [0.05, 0.1) is 6.54 Å². The Labute approximate surface area is 111 Å². The van der Waals surface area contributed by atoms with E-state index >= 15 is 0 Å². The highest BCUT2D eigenvalue weighted by molar-refractivity contribution is 5.38. The molecule has 0 saturated carbocycles. The number of hydrogen-bond donors (Lipinski definition) is 1. The monoisotopic (exact) mass is 254 g/mol. The molecule has 0 bridgehead atoms. The van der Waals surface area contributed by atoms with Crippen LogP contribution in [0.15, 0.2) is 35.1 Å². The van der Waals surface area contributed by atoms with Crippen molar-refractivity contribution in [2.24, 2.45) is 0 Å². The molecule has 1 heterocycles. The van der Waals surface area contributed by atoms with Gasteiger partial charge in [-0.25, -0.2) is 0 Å². The first-order chi connectivity index (χ1) is 9.02. The summed E-state index contributed by atoms with van der Waals surface area (Å²) in [5, 5.41) is 18.8. The summed E-state index contributed by atoms with van der Waals surface area (Å²) in [6, 6.07) is 11.0. The molecule has 1 N–H and O–H groups in total. The maximum Gasteiger partial charge on any atom is 0.271 e. The van der Waals surface area contributed by atoms with E-state index in [0.717, 1.165) is 11.1 Å². The Morgan fingerprint density at radius 3 is 2.47 bits per heavy atom. The zero-order chi connectivity index (χ0) is 14.0. The molecule has 96 valence electrons. The van der Waals surface area contributed by atoms with E-state index < -0.39 is 5.56 Å². The fraction of sp³-hybridized carbons (Fsp3) is 0.200. The summed E-state index contributed by atoms with van der Waals surface area (Å²) in [7, 11) is 0. The van der Waals surface area contributed by atoms with Gasteiger partial charge in [-0.2, -0.15) is 5.26 Å². The van der Waals surface area contributed by atoms with Crippen molar-refractivity contribution in [3.05, 3.63) is 62.9 Å². The molecule has 0 atom stereocenters. The first-order valence-electron chi connectivity index (χ1n) is 5.92. The largest absolute Gasteiger partial charge is 0.494 e. The van der Waals surface area contributed by atoms with Gasteiger partial charge in [-0.05, 0) is 25.0 Å². The summed E-state index contributed by atoms with van der Waals surface area (Å²) in [5.41, 5.74) is 2.13. The Balaban J connectivity index is 2.49. The van der Waals surface area contributed by atoms with Gasteiger partial charge >= 0.3 is 0 Å². The van der Waals surface area contributed by atoms with Crippen LogP contribution in [-0.2, 0) is 6.54 Å². The van der Waals surface area contributed by atoms with E-state index in [0.29, 0.717) is 5.56 Å². The van der Waals surface area contributed by atoms with Crippen molar-refractivity contribution in [1.82, 2.24) is 4.57 Å². The van der Waals surface area contributed by atoms with E-state index in [9.17, 15) is 9.90 Å². The smallest absolute Gasteiger partial charge is 0.271 e. The summed E-state index contributed by atoms with van der Waals surface area (Å²) in [6.45, 7) is 3.86. The molecule has 0 saturated heterocycles. The third-order valence-electron chi connectivity index (χ3n) is 3.05. The number of benzene rings is 1. The minimum atomic E-state index is -0.458. The number of aromatic nitrogens is 1. The third-order valence-corrected chi connectivity index (χ3v) is 3.05. The van der Waals surface area contributed by atoms with Crippen molar-refractivity contribution in [2.75, 3.05) is 0 Å². The van der Waals surface area contributed by atoms with Gasteiger partial charge in [-0.1, -0.05) is 29.8 Å². The van der Waals surface area contributed by atoms with Crippen LogP contribution in [0.5, 0.6) is 5.88 Å². The molecule has 1 aromatic heterocycles. The molecule has 0 aliphatic rings. The average molecular weight is 254 g/mol. The average Bonchev–Trinajstić information content (AvgIpc) is 2.37. The molecule has 19 heavy (non-hydrogen) atoms. The van der Waals surface area contributed by atoms with Gasteiger partial charge < -0.3 is 5.11 Å². The number of nitriles is 1. The van der Waals surface area contributed by atoms with E-state index in [1.807, 2.05) is 37.3 Å². The highest BCUT2D eigenvalue weighted by Crippen LogP contribution is 2.14. The molecule has 0 spiro atoms. The molecule has 0 aliphatic heterocycles. The third kappa shape index (κ3) is 2.50. The molecule has 0 unspecified atom stereocenters. The standard InChI is InChI=1S/C15H14N2O2/c1-10-3-5-12(6-4-10)9-17-14(18)7-11(2)13(8-16)15(17)19/h3-7,18H,9H2,1-2H3. The SMILES string of the molecule is Cc1ccc(Cn2c(O)cc(C)c(C#N)c2=O)cc1. The molecule has 4 nitrogen and oxygen atoms in total. The van der Waals surface area contributed by atoms with E-state index in [4.69, 9.17) is 5.26 Å². The zero-order valence-corrected chi connectivity index (χ0v) is 10.8. The maximum absolute atomic E-state index is 12.1. The van der Waals surface area contributed by atoms with E-state index in [1.54, 1.807) is 6.92 Å². The van der Waals surface area contributed by atoms with E-state index in [2.05, 4.69) is 0 Å². The highest BCUT2D eigenvalue weighted by Gasteiger charge is 2.11. The predicted molar refractivity (Wildman–Crippen MR) is 72.1 cm³/mol. The lowest BCUT2D eigenvalue weighted by atomic mass is 10.1. The number of hydrogen-bond acceptors (Lipinski definition) is 3. The Kier molecular flexibility index (Phi) is 3.39. The highest BCUT2D eigenvalue weighted by atomic mass is 16.3. The van der Waals surface area contributed by atoms with Crippen molar-refractivity contribution in [1.29, 1.82) is 5.26 Å². The van der Waals surface area contributed by atoms with Gasteiger partial charge in [0.1, 0.15) is 11.6 Å². The van der Waals surface area contributed by atoms with Crippen LogP contribution in [0.4, 0.5) is 0 Å². The fourth-order valence-electron chi connectivity index (χ4n) is 1.92. The van der Waals surface area contributed by atoms with E-state index in [1.165, 1.54) is 10.6 Å². The van der Waals surface area contributed by atoms with Crippen molar-refractivity contribution in [3.8, 4) is 11.9 Å². The summed E-state index contributed by atoms with van der Waals surface area (Å²) in [5.74, 6) is -0.123. The molecule has 2 rings (SSSR count). The summed E-state index contributed by atoms with van der Waals surface area (Å²) in [4.78, 5) is 12.1. The quantitative estimate of drug-likeness (QED) is 0.892. The normalized spacial score (nSPS) is 10.2. The van der Waals surface area contributed by atoms with Crippen LogP contribution < -0.4 is 5.56 Å². The molecule has 0 amide bonds. The van der Waals surface area contributed by atoms with Crippen molar-refractivity contribution in [3.63, 3.8) is 0 Å². The molecule has 0 aliphatic carbocycles. The Morgan fingerprint density at radius 1 is 1.26 bits per heavy atom. The lowest BCUT2D eigenvalue weighted by Gasteiger charge is -2.10. The molecule has 4 heteroatoms. The van der Waals surface area contributed by atoms with E-state index in [-0.39, 0.29) is 18.0 Å². The topological polar surface area (TPSA) is 66.0 Å². The Hall–Kier alpha value is -2.54. The van der Waals surface area contributed by atoms with Crippen LogP contribution in [-0.4, -0.2) is 9.67 Å². The number of aromatic hydroxyl groups is 1. The minimum absolute atomic E-state index is 0.0740. The Morgan fingerprint density at radius 2 is 1.89 bits per heavy atom. The van der Waals surface area contributed by atoms with Gasteiger partial charge in [0.2, 0.25) is 0 Å². The van der Waals surface area contributed by atoms with Crippen LogP contribution in [0, 0.1) is 25.2 Å². The van der Waals surface area contributed by atoms with Crippen LogP contribution in [0.1, 0.15) is 22.3 Å². The van der Waals surface area contributed by atoms with Gasteiger partial charge in [0, 0.05) is 6.07 Å². The molecule has 0 fully saturated rings. The second kappa shape index (κ2) is 4.99. The predicted octanol–water partition coefficient (Wildman–Crippen LogP) is 2.09. The minimum Gasteiger partial charge on any atom is -0.494 e. The maximum atomic E-state index is 12.1. The molecule has 1 aromatic carbocycles. The lowest BCUT2D eigenvalue weighted by Crippen LogP contribution is -2.24. The molecule has 0 radical (unpaired) electrons. The van der Waals surface area contributed by atoms with Crippen LogP contribution in [0.3, 0.4) is 0 Å². The Bertz CT molecular complexity index is 707. The van der Waals surface area contributed by atoms with Crippen LogP contribution in [0.2, 0.25) is 0 Å². The molecular formula is C15H14N2O2. The number of pyridine rings is 1. The summed E-state index contributed by atoms with van der Waals surface area (Å²) in [6.07, 6.45) is 0. The van der Waals surface area contributed by atoms with Crippen LogP contribution >= 0.6 is 0 Å².